The Morgan fingerprint density at radius 1 is 0.800 bits per heavy atom. The molecule has 0 atom stereocenters. The highest BCUT2D eigenvalue weighted by Gasteiger charge is 2.37. The highest BCUT2D eigenvalue weighted by atomic mass is 32.1. The maximum absolute atomic E-state index is 6.18. The molecule has 2 nitrogen and oxygen atoms in total. The highest BCUT2D eigenvalue weighted by Crippen LogP contribution is 2.37. The second kappa shape index (κ2) is 7.37. The van der Waals surface area contributed by atoms with Gasteiger partial charge in [-0.05, 0) is 57.3 Å². The molecule has 3 aromatic heterocycles. The third-order valence-corrected chi connectivity index (χ3v) is 8.22. The Morgan fingerprint density at radius 3 is 2.08 bits per heavy atom. The van der Waals surface area contributed by atoms with Gasteiger partial charge < -0.3 is 9.39 Å². The molecule has 0 spiro atoms. The lowest BCUT2D eigenvalue weighted by Crippen LogP contribution is -2.50. The standard InChI is InChI=1S/C19H23BO2S3/c1-18(2,21-5)19(3,4)22-20-17-11-10-16(25-17)15-9-8-14(24-15)13-7-6-12-23-13/h6-12,20H,1-5H3. The molecule has 25 heavy (non-hydrogen) atoms. The lowest BCUT2D eigenvalue weighted by molar-refractivity contribution is -0.114. The minimum absolute atomic E-state index is 0.337. The van der Waals surface area contributed by atoms with Crippen LogP contribution in [0.15, 0.2) is 41.8 Å². The molecule has 0 aliphatic carbocycles. The van der Waals surface area contributed by atoms with E-state index in [1.54, 1.807) is 29.8 Å². The van der Waals surface area contributed by atoms with Crippen LogP contribution in [0.2, 0.25) is 0 Å². The van der Waals surface area contributed by atoms with Gasteiger partial charge >= 0.3 is 7.48 Å². The van der Waals surface area contributed by atoms with Gasteiger partial charge in [-0.25, -0.2) is 0 Å². The summed E-state index contributed by atoms with van der Waals surface area (Å²) in [5.74, 6) is 0. The van der Waals surface area contributed by atoms with Crippen molar-refractivity contribution in [2.24, 2.45) is 0 Å². The first-order chi connectivity index (χ1) is 11.8. The summed E-state index contributed by atoms with van der Waals surface area (Å²) in [6, 6.07) is 13.1. The first kappa shape index (κ1) is 18.9. The second-order valence-corrected chi connectivity index (χ2v) is 10.1. The van der Waals surface area contributed by atoms with E-state index >= 15 is 0 Å². The number of hydrogen-bond donors (Lipinski definition) is 0. The summed E-state index contributed by atoms with van der Waals surface area (Å²) in [6.07, 6.45) is 0. The van der Waals surface area contributed by atoms with Crippen LogP contribution in [0.25, 0.3) is 19.5 Å². The van der Waals surface area contributed by atoms with Crippen LogP contribution >= 0.6 is 34.0 Å². The summed E-state index contributed by atoms with van der Waals surface area (Å²) in [4.78, 5) is 5.28. The van der Waals surface area contributed by atoms with Gasteiger partial charge in [0.15, 0.2) is 0 Å². The fraction of sp³-hybridized carbons (Fsp3) is 0.368. The van der Waals surface area contributed by atoms with Crippen molar-refractivity contribution in [3.05, 3.63) is 41.8 Å². The minimum Gasteiger partial charge on any atom is -0.426 e. The second-order valence-electron chi connectivity index (χ2n) is 6.92. The Hall–Kier alpha value is -0.915. The molecule has 0 radical (unpaired) electrons. The number of ether oxygens (including phenoxy) is 1. The van der Waals surface area contributed by atoms with Gasteiger partial charge in [0.25, 0.3) is 0 Å². The van der Waals surface area contributed by atoms with E-state index in [-0.39, 0.29) is 11.2 Å². The molecule has 0 N–H and O–H groups in total. The predicted molar refractivity (Wildman–Crippen MR) is 114 cm³/mol. The van der Waals surface area contributed by atoms with Crippen LogP contribution in [-0.4, -0.2) is 25.8 Å². The largest absolute Gasteiger partial charge is 0.426 e. The topological polar surface area (TPSA) is 18.5 Å². The van der Waals surface area contributed by atoms with Gasteiger partial charge in [-0.1, -0.05) is 12.1 Å². The quantitative estimate of drug-likeness (QED) is 0.503. The number of methoxy groups -OCH3 is 1. The van der Waals surface area contributed by atoms with E-state index in [1.807, 2.05) is 11.3 Å². The van der Waals surface area contributed by atoms with Crippen LogP contribution < -0.4 is 4.78 Å². The molecule has 0 aromatic carbocycles. The zero-order chi connectivity index (χ0) is 18.1. The van der Waals surface area contributed by atoms with E-state index in [0.717, 1.165) is 0 Å². The molecule has 3 heterocycles. The molecule has 0 amide bonds. The lowest BCUT2D eigenvalue weighted by atomic mass is 9.86. The van der Waals surface area contributed by atoms with Crippen molar-refractivity contribution in [1.82, 2.24) is 0 Å². The third kappa shape index (κ3) is 4.09. The molecule has 0 aliphatic heterocycles. The van der Waals surface area contributed by atoms with Crippen LogP contribution in [0.1, 0.15) is 27.7 Å². The molecule has 0 saturated carbocycles. The highest BCUT2D eigenvalue weighted by molar-refractivity contribution is 7.29. The Bertz CT molecular complexity index is 815. The minimum atomic E-state index is -0.360. The molecule has 3 aromatic rings. The summed E-state index contributed by atoms with van der Waals surface area (Å²) >= 11 is 5.44. The van der Waals surface area contributed by atoms with Crippen LogP contribution in [0.3, 0.4) is 0 Å². The molecule has 6 heteroatoms. The van der Waals surface area contributed by atoms with Gasteiger partial charge in [0.05, 0.1) is 11.2 Å². The average Bonchev–Trinajstić information content (AvgIpc) is 3.32. The van der Waals surface area contributed by atoms with E-state index < -0.39 is 0 Å². The molecule has 132 valence electrons. The molecular formula is C19H23BO2S3. The maximum atomic E-state index is 6.18. The fourth-order valence-electron chi connectivity index (χ4n) is 2.28. The maximum Gasteiger partial charge on any atom is 0.319 e. The predicted octanol–water partition coefficient (Wildman–Crippen LogP) is 5.40. The smallest absolute Gasteiger partial charge is 0.319 e. The number of rotatable bonds is 7. The van der Waals surface area contributed by atoms with Crippen molar-refractivity contribution in [2.45, 2.75) is 38.9 Å². The van der Waals surface area contributed by atoms with Crippen molar-refractivity contribution >= 4 is 46.3 Å². The third-order valence-electron chi connectivity index (χ3n) is 4.81. The van der Waals surface area contributed by atoms with Crippen molar-refractivity contribution in [3.8, 4) is 19.5 Å². The lowest BCUT2D eigenvalue weighted by Gasteiger charge is -2.40. The van der Waals surface area contributed by atoms with E-state index in [1.165, 1.54) is 24.3 Å². The molecule has 0 saturated heterocycles. The van der Waals surface area contributed by atoms with E-state index in [9.17, 15) is 0 Å². The fourth-order valence-corrected chi connectivity index (χ4v) is 5.13. The summed E-state index contributed by atoms with van der Waals surface area (Å²) in [7, 11) is 2.34. The van der Waals surface area contributed by atoms with E-state index in [2.05, 4.69) is 69.5 Å². The monoisotopic (exact) mass is 390 g/mol. The Kier molecular flexibility index (Phi) is 5.56. The normalized spacial score (nSPS) is 12.5. The molecule has 0 unspecified atom stereocenters. The van der Waals surface area contributed by atoms with Crippen LogP contribution in [0.5, 0.6) is 0 Å². The van der Waals surface area contributed by atoms with Gasteiger partial charge in [-0.2, -0.15) is 0 Å². The average molecular weight is 390 g/mol. The molecule has 0 bridgehead atoms. The summed E-state index contributed by atoms with van der Waals surface area (Å²) < 4.78 is 13.0. The Labute approximate surface area is 162 Å². The van der Waals surface area contributed by atoms with Gasteiger partial charge in [-0.15, -0.1) is 34.0 Å². The zero-order valence-electron chi connectivity index (χ0n) is 15.3. The number of hydrogen-bond acceptors (Lipinski definition) is 5. The van der Waals surface area contributed by atoms with E-state index in [0.29, 0.717) is 7.48 Å². The summed E-state index contributed by atoms with van der Waals surface area (Å²) in [6.45, 7) is 8.28. The van der Waals surface area contributed by atoms with E-state index in [4.69, 9.17) is 9.39 Å². The van der Waals surface area contributed by atoms with Crippen LogP contribution in [-0.2, 0) is 9.39 Å². The van der Waals surface area contributed by atoms with Gasteiger partial charge in [-0.3, -0.25) is 0 Å². The van der Waals surface area contributed by atoms with Crippen molar-refractivity contribution in [1.29, 1.82) is 0 Å². The Morgan fingerprint density at radius 2 is 1.44 bits per heavy atom. The zero-order valence-corrected chi connectivity index (χ0v) is 17.7. The first-order valence-corrected chi connectivity index (χ1v) is 10.8. The summed E-state index contributed by atoms with van der Waals surface area (Å²) in [5, 5.41) is 2.12. The summed E-state index contributed by atoms with van der Waals surface area (Å²) in [5.41, 5.74) is -0.697. The van der Waals surface area contributed by atoms with Gasteiger partial charge in [0.1, 0.15) is 0 Å². The molecule has 0 fully saturated rings. The van der Waals surface area contributed by atoms with Gasteiger partial charge in [0, 0.05) is 31.4 Å². The van der Waals surface area contributed by atoms with Crippen molar-refractivity contribution in [3.63, 3.8) is 0 Å². The first-order valence-electron chi connectivity index (χ1n) is 8.24. The van der Waals surface area contributed by atoms with Gasteiger partial charge in [0.2, 0.25) is 0 Å². The SMILES string of the molecule is COC(C)(C)C(C)(C)OBc1ccc(-c2ccc(-c3cccs3)s2)s1. The van der Waals surface area contributed by atoms with Crippen LogP contribution in [0.4, 0.5) is 0 Å². The molecule has 3 rings (SSSR count). The van der Waals surface area contributed by atoms with Crippen molar-refractivity contribution in [2.75, 3.05) is 7.11 Å². The Balaban J connectivity index is 1.69. The van der Waals surface area contributed by atoms with Crippen molar-refractivity contribution < 1.29 is 9.39 Å². The number of thiophene rings is 3. The van der Waals surface area contributed by atoms with Crippen LogP contribution in [0, 0.1) is 0 Å². The molecule has 0 aliphatic rings. The molecular weight excluding hydrogens is 367 g/mol.